The maximum Gasteiger partial charge on any atom is 0.181 e. The third kappa shape index (κ3) is 2.07. The zero-order valence-electron chi connectivity index (χ0n) is 7.63. The van der Waals surface area contributed by atoms with E-state index in [4.69, 9.17) is 0 Å². The molecule has 0 saturated carbocycles. The normalized spacial score (nSPS) is 10.0. The summed E-state index contributed by atoms with van der Waals surface area (Å²) in [6.07, 6.45) is 5.28. The van der Waals surface area contributed by atoms with Gasteiger partial charge < -0.3 is 4.57 Å². The molecule has 0 bridgehead atoms. The van der Waals surface area contributed by atoms with Crippen molar-refractivity contribution in [3.05, 3.63) is 64.8 Å². The highest BCUT2D eigenvalue weighted by atomic mass is 16.1. The molecule has 0 spiro atoms. The molecule has 14 heavy (non-hydrogen) atoms. The Morgan fingerprint density at radius 2 is 1.93 bits per heavy atom. The molecule has 0 aliphatic carbocycles. The molecule has 3 nitrogen and oxygen atoms in total. The summed E-state index contributed by atoms with van der Waals surface area (Å²) in [6, 6.07) is 8.88. The van der Waals surface area contributed by atoms with Gasteiger partial charge in [0.15, 0.2) is 5.43 Å². The smallest absolute Gasteiger partial charge is 0.181 e. The molecule has 3 heteroatoms. The van der Waals surface area contributed by atoms with Gasteiger partial charge >= 0.3 is 0 Å². The predicted octanol–water partition coefficient (Wildman–Crippen LogP) is 1.29. The summed E-state index contributed by atoms with van der Waals surface area (Å²) in [6.45, 7) is 0.696. The minimum atomic E-state index is 0.0299. The molecule has 0 atom stereocenters. The maximum atomic E-state index is 10.8. The lowest BCUT2D eigenvalue weighted by atomic mass is 10.3. The Bertz CT molecular complexity index is 442. The lowest BCUT2D eigenvalue weighted by Crippen LogP contribution is -2.05. The topological polar surface area (TPSA) is 34.9 Å². The zero-order valence-corrected chi connectivity index (χ0v) is 7.63. The first-order valence-corrected chi connectivity index (χ1v) is 4.40. The van der Waals surface area contributed by atoms with E-state index < -0.39 is 0 Å². The summed E-state index contributed by atoms with van der Waals surface area (Å²) in [7, 11) is 0. The van der Waals surface area contributed by atoms with E-state index in [-0.39, 0.29) is 5.43 Å². The monoisotopic (exact) mass is 186 g/mol. The average Bonchev–Trinajstić information content (AvgIpc) is 2.23. The van der Waals surface area contributed by atoms with E-state index >= 15 is 0 Å². The van der Waals surface area contributed by atoms with E-state index in [0.717, 1.165) is 5.69 Å². The van der Waals surface area contributed by atoms with E-state index in [1.807, 2.05) is 22.8 Å². The molecular formula is C11H10N2O. The molecule has 0 unspecified atom stereocenters. The van der Waals surface area contributed by atoms with E-state index in [0.29, 0.717) is 6.54 Å². The number of nitrogens with zero attached hydrogens (tertiary/aromatic N) is 2. The first-order valence-electron chi connectivity index (χ1n) is 4.40. The van der Waals surface area contributed by atoms with Gasteiger partial charge in [0.2, 0.25) is 0 Å². The molecule has 0 aliphatic heterocycles. The fourth-order valence-corrected chi connectivity index (χ4v) is 1.23. The van der Waals surface area contributed by atoms with Gasteiger partial charge in [0.1, 0.15) is 0 Å². The number of hydrogen-bond acceptors (Lipinski definition) is 2. The van der Waals surface area contributed by atoms with Gasteiger partial charge in [-0.1, -0.05) is 6.07 Å². The molecule has 0 aromatic carbocycles. The lowest BCUT2D eigenvalue weighted by Gasteiger charge is -2.03. The van der Waals surface area contributed by atoms with E-state index in [2.05, 4.69) is 4.98 Å². The third-order valence-electron chi connectivity index (χ3n) is 1.93. The first kappa shape index (κ1) is 8.69. The molecule has 0 fully saturated rings. The van der Waals surface area contributed by atoms with Crippen molar-refractivity contribution >= 4 is 0 Å². The van der Waals surface area contributed by atoms with Crippen molar-refractivity contribution in [2.24, 2.45) is 0 Å². The Morgan fingerprint density at radius 1 is 1.14 bits per heavy atom. The van der Waals surface area contributed by atoms with Crippen LogP contribution in [0.1, 0.15) is 5.69 Å². The van der Waals surface area contributed by atoms with E-state index in [1.54, 1.807) is 30.7 Å². The maximum absolute atomic E-state index is 10.8. The minimum Gasteiger partial charge on any atom is -0.348 e. The number of hydrogen-bond donors (Lipinski definition) is 0. The Morgan fingerprint density at radius 3 is 2.57 bits per heavy atom. The highest BCUT2D eigenvalue weighted by molar-refractivity contribution is 5.05. The summed E-state index contributed by atoms with van der Waals surface area (Å²) < 4.78 is 1.92. The van der Waals surface area contributed by atoms with E-state index in [9.17, 15) is 4.79 Å². The van der Waals surface area contributed by atoms with Crippen LogP contribution < -0.4 is 5.43 Å². The van der Waals surface area contributed by atoms with Crippen molar-refractivity contribution in [1.82, 2.24) is 9.55 Å². The van der Waals surface area contributed by atoms with Gasteiger partial charge in [-0.3, -0.25) is 9.78 Å². The molecule has 2 rings (SSSR count). The Hall–Kier alpha value is -1.90. The Balaban J connectivity index is 2.19. The van der Waals surface area contributed by atoms with Crippen LogP contribution in [0.3, 0.4) is 0 Å². The summed E-state index contributed by atoms with van der Waals surface area (Å²) in [5.41, 5.74) is 1.01. The molecule has 0 amide bonds. The molecule has 2 aromatic heterocycles. The van der Waals surface area contributed by atoms with Gasteiger partial charge in [-0.25, -0.2) is 0 Å². The predicted molar refractivity (Wildman–Crippen MR) is 54.0 cm³/mol. The van der Waals surface area contributed by atoms with Crippen LogP contribution >= 0.6 is 0 Å². The fourth-order valence-electron chi connectivity index (χ4n) is 1.23. The molecule has 2 aromatic rings. The second kappa shape index (κ2) is 3.87. The van der Waals surface area contributed by atoms with Gasteiger partial charge in [-0.15, -0.1) is 0 Å². The van der Waals surface area contributed by atoms with Gasteiger partial charge in [-0.2, -0.15) is 0 Å². The van der Waals surface area contributed by atoms with Gasteiger partial charge in [0, 0.05) is 30.7 Å². The average molecular weight is 186 g/mol. The molecule has 2 heterocycles. The van der Waals surface area contributed by atoms with Crippen molar-refractivity contribution < 1.29 is 0 Å². The molecule has 0 saturated heterocycles. The summed E-state index contributed by atoms with van der Waals surface area (Å²) in [4.78, 5) is 15.0. The van der Waals surface area contributed by atoms with Crippen LogP contribution in [-0.2, 0) is 6.54 Å². The van der Waals surface area contributed by atoms with Crippen LogP contribution in [0, 0.1) is 0 Å². The highest BCUT2D eigenvalue weighted by Crippen LogP contribution is 1.96. The summed E-state index contributed by atoms with van der Waals surface area (Å²) in [5, 5.41) is 0. The third-order valence-corrected chi connectivity index (χ3v) is 1.93. The van der Waals surface area contributed by atoms with Crippen LogP contribution in [0.4, 0.5) is 0 Å². The number of pyridine rings is 2. The van der Waals surface area contributed by atoms with Crippen molar-refractivity contribution in [1.29, 1.82) is 0 Å². The molecular weight excluding hydrogens is 176 g/mol. The van der Waals surface area contributed by atoms with Crippen LogP contribution in [0.2, 0.25) is 0 Å². The van der Waals surface area contributed by atoms with Crippen molar-refractivity contribution in [2.75, 3.05) is 0 Å². The van der Waals surface area contributed by atoms with Crippen LogP contribution in [0.5, 0.6) is 0 Å². The molecule has 70 valence electrons. The standard InChI is InChI=1S/C11H10N2O/c14-11-4-7-13(8-5-11)9-10-3-1-2-6-12-10/h1-8H,9H2. The van der Waals surface area contributed by atoms with Crippen molar-refractivity contribution in [3.8, 4) is 0 Å². The Kier molecular flexibility index (Phi) is 2.40. The number of rotatable bonds is 2. The summed E-state index contributed by atoms with van der Waals surface area (Å²) in [5.74, 6) is 0. The Labute approximate surface area is 81.7 Å². The van der Waals surface area contributed by atoms with Crippen LogP contribution in [0.25, 0.3) is 0 Å². The second-order valence-corrected chi connectivity index (χ2v) is 3.03. The van der Waals surface area contributed by atoms with E-state index in [1.165, 1.54) is 0 Å². The largest absolute Gasteiger partial charge is 0.348 e. The molecule has 0 aliphatic rings. The highest BCUT2D eigenvalue weighted by Gasteiger charge is 1.92. The summed E-state index contributed by atoms with van der Waals surface area (Å²) >= 11 is 0. The second-order valence-electron chi connectivity index (χ2n) is 3.03. The zero-order chi connectivity index (χ0) is 9.80. The fraction of sp³-hybridized carbons (Fsp3) is 0.0909. The molecule has 0 radical (unpaired) electrons. The van der Waals surface area contributed by atoms with Gasteiger partial charge in [0.05, 0.1) is 12.2 Å². The quantitative estimate of drug-likeness (QED) is 0.708. The molecule has 0 N–H and O–H groups in total. The van der Waals surface area contributed by atoms with Crippen molar-refractivity contribution in [2.45, 2.75) is 6.54 Å². The van der Waals surface area contributed by atoms with Gasteiger partial charge in [-0.05, 0) is 12.1 Å². The van der Waals surface area contributed by atoms with Crippen LogP contribution in [-0.4, -0.2) is 9.55 Å². The lowest BCUT2D eigenvalue weighted by molar-refractivity contribution is 0.766. The first-order chi connectivity index (χ1) is 6.84. The number of aromatic nitrogens is 2. The minimum absolute atomic E-state index is 0.0299. The van der Waals surface area contributed by atoms with Gasteiger partial charge in [0.25, 0.3) is 0 Å². The SMILES string of the molecule is O=c1ccn(Cc2ccccn2)cc1. The van der Waals surface area contributed by atoms with Crippen LogP contribution in [0.15, 0.2) is 53.7 Å². The van der Waals surface area contributed by atoms with Crippen molar-refractivity contribution in [3.63, 3.8) is 0 Å².